The lowest BCUT2D eigenvalue weighted by Gasteiger charge is -2.42. The average molecular weight is 198 g/mol. The molecule has 1 heterocycles. The molecule has 82 valence electrons. The summed E-state index contributed by atoms with van der Waals surface area (Å²) >= 11 is 0. The first-order chi connectivity index (χ1) is 6.71. The van der Waals surface area contributed by atoms with Crippen molar-refractivity contribution in [3.05, 3.63) is 0 Å². The molecule has 0 amide bonds. The minimum absolute atomic E-state index is 0.492. The number of aliphatic hydroxyl groups is 1. The third-order valence-corrected chi connectivity index (χ3v) is 3.95. The van der Waals surface area contributed by atoms with Crippen LogP contribution < -0.4 is 0 Å². The number of hydrogen-bond acceptors (Lipinski definition) is 2. The van der Waals surface area contributed by atoms with Crippen molar-refractivity contribution in [2.24, 2.45) is 11.8 Å². The Morgan fingerprint density at radius 2 is 2.14 bits per heavy atom. The normalized spacial score (nSPS) is 45.0. The summed E-state index contributed by atoms with van der Waals surface area (Å²) < 4.78 is 5.42. The highest BCUT2D eigenvalue weighted by Crippen LogP contribution is 2.39. The highest BCUT2D eigenvalue weighted by Gasteiger charge is 2.40. The molecule has 1 aliphatic heterocycles. The van der Waals surface area contributed by atoms with Gasteiger partial charge in [0, 0.05) is 6.61 Å². The van der Waals surface area contributed by atoms with Gasteiger partial charge in [-0.25, -0.2) is 0 Å². The van der Waals surface area contributed by atoms with Crippen LogP contribution in [0, 0.1) is 11.8 Å². The van der Waals surface area contributed by atoms with E-state index in [-0.39, 0.29) is 0 Å². The molecular formula is C12H22O2. The maximum atomic E-state index is 10.5. The monoisotopic (exact) mass is 198 g/mol. The van der Waals surface area contributed by atoms with Gasteiger partial charge in [-0.05, 0) is 37.5 Å². The first-order valence-corrected chi connectivity index (χ1v) is 6.01. The molecule has 0 bridgehead atoms. The fourth-order valence-corrected chi connectivity index (χ4v) is 3.05. The van der Waals surface area contributed by atoms with E-state index in [0.717, 1.165) is 25.4 Å². The molecule has 0 aromatic heterocycles. The van der Waals surface area contributed by atoms with Gasteiger partial charge in [0.05, 0.1) is 12.2 Å². The maximum Gasteiger partial charge on any atom is 0.0909 e. The van der Waals surface area contributed by atoms with Crippen LogP contribution >= 0.6 is 0 Å². The third-order valence-electron chi connectivity index (χ3n) is 3.95. The largest absolute Gasteiger partial charge is 0.387 e. The van der Waals surface area contributed by atoms with Crippen molar-refractivity contribution in [2.75, 3.05) is 13.2 Å². The van der Waals surface area contributed by atoms with Crippen molar-refractivity contribution < 1.29 is 9.84 Å². The predicted molar refractivity (Wildman–Crippen MR) is 56.1 cm³/mol. The minimum atomic E-state index is -0.493. The Bertz CT molecular complexity index is 185. The van der Waals surface area contributed by atoms with Crippen LogP contribution in [0.3, 0.4) is 0 Å². The lowest BCUT2D eigenvalue weighted by atomic mass is 9.71. The van der Waals surface area contributed by atoms with Crippen molar-refractivity contribution in [1.82, 2.24) is 0 Å². The van der Waals surface area contributed by atoms with E-state index in [1.165, 1.54) is 25.7 Å². The number of hydrogen-bond donors (Lipinski definition) is 1. The van der Waals surface area contributed by atoms with Gasteiger partial charge in [-0.1, -0.05) is 19.8 Å². The van der Waals surface area contributed by atoms with E-state index in [0.29, 0.717) is 12.5 Å². The molecule has 1 aliphatic carbocycles. The molecule has 0 aromatic carbocycles. The zero-order valence-corrected chi connectivity index (χ0v) is 9.17. The topological polar surface area (TPSA) is 29.5 Å². The molecule has 1 N–H and O–H groups in total. The van der Waals surface area contributed by atoms with E-state index in [4.69, 9.17) is 4.74 Å². The summed E-state index contributed by atoms with van der Waals surface area (Å²) in [6, 6.07) is 0. The van der Waals surface area contributed by atoms with Gasteiger partial charge in [-0.3, -0.25) is 0 Å². The minimum Gasteiger partial charge on any atom is -0.387 e. The van der Waals surface area contributed by atoms with Crippen LogP contribution in [0.25, 0.3) is 0 Å². The molecule has 2 rings (SSSR count). The SMILES string of the molecule is CC1CCCC(C2(O)CCCOC2)C1. The van der Waals surface area contributed by atoms with Gasteiger partial charge in [0.2, 0.25) is 0 Å². The Morgan fingerprint density at radius 1 is 1.29 bits per heavy atom. The Morgan fingerprint density at radius 3 is 2.79 bits per heavy atom. The Labute approximate surface area is 86.6 Å². The molecule has 14 heavy (non-hydrogen) atoms. The van der Waals surface area contributed by atoms with Crippen LogP contribution in [-0.4, -0.2) is 23.9 Å². The van der Waals surface area contributed by atoms with Crippen molar-refractivity contribution >= 4 is 0 Å². The molecule has 0 radical (unpaired) electrons. The molecule has 2 heteroatoms. The second-order valence-corrected chi connectivity index (χ2v) is 5.23. The summed E-state index contributed by atoms with van der Waals surface area (Å²) in [6.45, 7) is 3.72. The zero-order chi connectivity index (χ0) is 10.0. The quantitative estimate of drug-likeness (QED) is 0.701. The smallest absolute Gasteiger partial charge is 0.0909 e. The third kappa shape index (κ3) is 2.12. The van der Waals surface area contributed by atoms with Gasteiger partial charge in [-0.15, -0.1) is 0 Å². The molecule has 3 atom stereocenters. The molecular weight excluding hydrogens is 176 g/mol. The highest BCUT2D eigenvalue weighted by molar-refractivity contribution is 4.91. The average Bonchev–Trinajstić information content (AvgIpc) is 2.19. The van der Waals surface area contributed by atoms with E-state index >= 15 is 0 Å². The summed E-state index contributed by atoms with van der Waals surface area (Å²) in [7, 11) is 0. The Balaban J connectivity index is 1.97. The molecule has 1 saturated heterocycles. The first kappa shape index (κ1) is 10.4. The van der Waals surface area contributed by atoms with E-state index in [1.54, 1.807) is 0 Å². The van der Waals surface area contributed by atoms with E-state index in [9.17, 15) is 5.11 Å². The van der Waals surface area contributed by atoms with Gasteiger partial charge in [-0.2, -0.15) is 0 Å². The standard InChI is InChI=1S/C12H22O2/c1-10-4-2-5-11(8-10)12(13)6-3-7-14-9-12/h10-11,13H,2-9H2,1H3. The van der Waals surface area contributed by atoms with Gasteiger partial charge in [0.25, 0.3) is 0 Å². The summed E-state index contributed by atoms with van der Waals surface area (Å²) in [4.78, 5) is 0. The predicted octanol–water partition coefficient (Wildman–Crippen LogP) is 2.35. The van der Waals surface area contributed by atoms with Gasteiger partial charge in [0.1, 0.15) is 0 Å². The molecule has 0 aromatic rings. The molecule has 2 fully saturated rings. The van der Waals surface area contributed by atoms with Crippen LogP contribution in [0.1, 0.15) is 45.4 Å². The lowest BCUT2D eigenvalue weighted by Crippen LogP contribution is -2.47. The summed E-state index contributed by atoms with van der Waals surface area (Å²) in [6.07, 6.45) is 7.00. The van der Waals surface area contributed by atoms with Crippen molar-refractivity contribution in [3.63, 3.8) is 0 Å². The fraction of sp³-hybridized carbons (Fsp3) is 1.00. The van der Waals surface area contributed by atoms with Crippen LogP contribution in [0.5, 0.6) is 0 Å². The maximum absolute atomic E-state index is 10.5. The lowest BCUT2D eigenvalue weighted by molar-refractivity contribution is -0.130. The zero-order valence-electron chi connectivity index (χ0n) is 9.17. The second kappa shape index (κ2) is 4.19. The molecule has 0 spiro atoms. The van der Waals surface area contributed by atoms with Crippen LogP contribution in [-0.2, 0) is 4.74 Å². The van der Waals surface area contributed by atoms with Crippen molar-refractivity contribution in [3.8, 4) is 0 Å². The Hall–Kier alpha value is -0.0800. The van der Waals surface area contributed by atoms with E-state index in [2.05, 4.69) is 6.92 Å². The van der Waals surface area contributed by atoms with E-state index in [1.807, 2.05) is 0 Å². The first-order valence-electron chi connectivity index (χ1n) is 6.01. The van der Waals surface area contributed by atoms with Crippen LogP contribution in [0.2, 0.25) is 0 Å². The molecule has 1 saturated carbocycles. The molecule has 3 unspecified atom stereocenters. The molecule has 2 nitrogen and oxygen atoms in total. The number of ether oxygens (including phenoxy) is 1. The summed E-state index contributed by atoms with van der Waals surface area (Å²) in [5.74, 6) is 1.28. The second-order valence-electron chi connectivity index (χ2n) is 5.23. The van der Waals surface area contributed by atoms with Gasteiger partial charge < -0.3 is 9.84 Å². The Kier molecular flexibility index (Phi) is 3.13. The van der Waals surface area contributed by atoms with Crippen LogP contribution in [0.15, 0.2) is 0 Å². The van der Waals surface area contributed by atoms with Crippen molar-refractivity contribution in [2.45, 2.75) is 51.0 Å². The fourth-order valence-electron chi connectivity index (χ4n) is 3.05. The van der Waals surface area contributed by atoms with E-state index < -0.39 is 5.60 Å². The van der Waals surface area contributed by atoms with Gasteiger partial charge in [0.15, 0.2) is 0 Å². The highest BCUT2D eigenvalue weighted by atomic mass is 16.5. The summed E-state index contributed by atoms with van der Waals surface area (Å²) in [5.41, 5.74) is -0.493. The number of rotatable bonds is 1. The van der Waals surface area contributed by atoms with Crippen molar-refractivity contribution in [1.29, 1.82) is 0 Å². The molecule has 2 aliphatic rings. The summed E-state index contributed by atoms with van der Waals surface area (Å²) in [5, 5.41) is 10.5. The van der Waals surface area contributed by atoms with Gasteiger partial charge >= 0.3 is 0 Å². The van der Waals surface area contributed by atoms with Crippen LogP contribution in [0.4, 0.5) is 0 Å².